The van der Waals surface area contributed by atoms with E-state index >= 15 is 0 Å². The molecule has 0 bridgehead atoms. The van der Waals surface area contributed by atoms with Crippen molar-refractivity contribution in [1.29, 1.82) is 0 Å². The quantitative estimate of drug-likeness (QED) is 0.469. The van der Waals surface area contributed by atoms with Gasteiger partial charge < -0.3 is 25.4 Å². The first-order valence-corrected chi connectivity index (χ1v) is 12.0. The van der Waals surface area contributed by atoms with Crippen LogP contribution in [0.15, 0.2) is 24.3 Å². The number of benzene rings is 1. The van der Waals surface area contributed by atoms with Crippen molar-refractivity contribution in [2.24, 2.45) is 11.8 Å². The van der Waals surface area contributed by atoms with Crippen LogP contribution >= 0.6 is 0 Å². The molecule has 202 valence electrons. The Bertz CT molecular complexity index is 932. The SMILES string of the molecule is COc1ccc(C(=O)N[C@H](C(=O)N2CCC[C@H]2C(=O)N[C@@H](C(C)C)C(C)(O)C(F)(F)F)C(C)C)cc1. The van der Waals surface area contributed by atoms with Gasteiger partial charge in [-0.25, -0.2) is 0 Å². The number of methoxy groups -OCH3 is 1. The van der Waals surface area contributed by atoms with E-state index < -0.39 is 53.5 Å². The number of rotatable bonds is 9. The smallest absolute Gasteiger partial charge is 0.418 e. The zero-order valence-corrected chi connectivity index (χ0v) is 21.5. The summed E-state index contributed by atoms with van der Waals surface area (Å²) in [6.45, 7) is 7.27. The third kappa shape index (κ3) is 6.48. The summed E-state index contributed by atoms with van der Waals surface area (Å²) in [4.78, 5) is 40.6. The second-order valence-electron chi connectivity index (χ2n) is 9.99. The first kappa shape index (κ1) is 29.4. The Labute approximate surface area is 209 Å². The minimum atomic E-state index is -4.96. The molecule has 0 aromatic heterocycles. The molecule has 36 heavy (non-hydrogen) atoms. The Kier molecular flexibility index (Phi) is 9.39. The Hall–Kier alpha value is -2.82. The summed E-state index contributed by atoms with van der Waals surface area (Å²) in [5, 5.41) is 15.2. The minimum absolute atomic E-state index is 0.223. The van der Waals surface area contributed by atoms with Crippen molar-refractivity contribution in [3.8, 4) is 5.75 Å². The van der Waals surface area contributed by atoms with Crippen molar-refractivity contribution in [3.63, 3.8) is 0 Å². The molecule has 0 radical (unpaired) electrons. The van der Waals surface area contributed by atoms with Crippen LogP contribution in [0.2, 0.25) is 0 Å². The average molecular weight is 516 g/mol. The summed E-state index contributed by atoms with van der Waals surface area (Å²) in [6.07, 6.45) is -4.23. The standard InChI is InChI=1S/C25H36F3N3O5/c1-14(2)19(29-21(32)16-9-11-17(36-6)12-10-16)23(34)31-13-7-8-18(31)22(33)30-20(15(3)4)24(5,35)25(26,27)28/h9-12,14-15,18-20,35H,7-8,13H2,1-6H3,(H,29,32)(H,30,33)/t18-,19-,20-,24?/m0/s1. The maximum Gasteiger partial charge on any atom is 0.418 e. The van der Waals surface area contributed by atoms with Crippen LogP contribution in [0.4, 0.5) is 13.2 Å². The molecular formula is C25H36F3N3O5. The third-order valence-electron chi connectivity index (χ3n) is 6.55. The number of aliphatic hydroxyl groups is 1. The molecule has 8 nitrogen and oxygen atoms in total. The first-order valence-electron chi connectivity index (χ1n) is 12.0. The van der Waals surface area contributed by atoms with Gasteiger partial charge in [-0.05, 0) is 55.9 Å². The fourth-order valence-electron chi connectivity index (χ4n) is 4.34. The summed E-state index contributed by atoms with van der Waals surface area (Å²) in [5.41, 5.74) is -2.84. The van der Waals surface area contributed by atoms with Crippen molar-refractivity contribution >= 4 is 17.7 Å². The van der Waals surface area contributed by atoms with Gasteiger partial charge in [0, 0.05) is 12.1 Å². The van der Waals surface area contributed by atoms with Gasteiger partial charge >= 0.3 is 6.18 Å². The van der Waals surface area contributed by atoms with Crippen molar-refractivity contribution in [3.05, 3.63) is 29.8 Å². The highest BCUT2D eigenvalue weighted by Gasteiger charge is 2.56. The molecule has 1 aliphatic rings. The monoisotopic (exact) mass is 515 g/mol. The molecule has 4 atom stereocenters. The number of halogens is 3. The molecule has 2 rings (SSSR count). The van der Waals surface area contributed by atoms with Crippen LogP contribution in [0, 0.1) is 11.8 Å². The second kappa shape index (κ2) is 11.5. The summed E-state index contributed by atoms with van der Waals surface area (Å²) in [5.74, 6) is -2.23. The van der Waals surface area contributed by atoms with E-state index in [4.69, 9.17) is 4.74 Å². The molecule has 1 aliphatic heterocycles. The van der Waals surface area contributed by atoms with Gasteiger partial charge in [0.15, 0.2) is 5.60 Å². The van der Waals surface area contributed by atoms with Gasteiger partial charge in [0.25, 0.3) is 5.91 Å². The lowest BCUT2D eigenvalue weighted by Crippen LogP contribution is -2.63. The van der Waals surface area contributed by atoms with E-state index in [9.17, 15) is 32.7 Å². The fraction of sp³-hybridized carbons (Fsp3) is 0.640. The van der Waals surface area contributed by atoms with Gasteiger partial charge in [-0.2, -0.15) is 13.2 Å². The summed E-state index contributed by atoms with van der Waals surface area (Å²) in [7, 11) is 1.50. The number of nitrogens with zero attached hydrogens (tertiary/aromatic N) is 1. The summed E-state index contributed by atoms with van der Waals surface area (Å²) < 4.78 is 45.5. The van der Waals surface area contributed by atoms with Crippen LogP contribution in [-0.2, 0) is 9.59 Å². The normalized spacial score (nSPS) is 19.6. The molecule has 3 amide bonds. The number of ether oxygens (including phenoxy) is 1. The zero-order chi connectivity index (χ0) is 27.4. The van der Waals surface area contributed by atoms with E-state index in [1.807, 2.05) is 0 Å². The van der Waals surface area contributed by atoms with Crippen molar-refractivity contribution in [2.45, 2.75) is 77.4 Å². The molecule has 1 saturated heterocycles. The van der Waals surface area contributed by atoms with E-state index in [-0.39, 0.29) is 18.9 Å². The number of nitrogens with one attached hydrogen (secondary N) is 2. The topological polar surface area (TPSA) is 108 Å². The van der Waals surface area contributed by atoms with Gasteiger partial charge in [-0.1, -0.05) is 27.7 Å². The molecular weight excluding hydrogens is 479 g/mol. The van der Waals surface area contributed by atoms with Gasteiger partial charge in [0.05, 0.1) is 13.2 Å². The van der Waals surface area contributed by atoms with Crippen LogP contribution < -0.4 is 15.4 Å². The molecule has 1 heterocycles. The molecule has 1 unspecified atom stereocenters. The van der Waals surface area contributed by atoms with Gasteiger partial charge in [0.2, 0.25) is 11.8 Å². The Morgan fingerprint density at radius 1 is 1.06 bits per heavy atom. The molecule has 11 heteroatoms. The van der Waals surface area contributed by atoms with Crippen LogP contribution in [0.3, 0.4) is 0 Å². The number of amides is 3. The van der Waals surface area contributed by atoms with Gasteiger partial charge in [-0.15, -0.1) is 0 Å². The lowest BCUT2D eigenvalue weighted by molar-refractivity contribution is -0.266. The Morgan fingerprint density at radius 2 is 1.64 bits per heavy atom. The number of carbonyl (C=O) groups is 3. The predicted octanol–water partition coefficient (Wildman–Crippen LogP) is 2.89. The van der Waals surface area contributed by atoms with Gasteiger partial charge in [-0.3, -0.25) is 14.4 Å². The van der Waals surface area contributed by atoms with Crippen molar-refractivity contribution in [2.75, 3.05) is 13.7 Å². The lowest BCUT2D eigenvalue weighted by atomic mass is 9.86. The van der Waals surface area contributed by atoms with E-state index in [0.29, 0.717) is 24.7 Å². The summed E-state index contributed by atoms with van der Waals surface area (Å²) in [6, 6.07) is 2.76. The van der Waals surface area contributed by atoms with E-state index in [0.717, 1.165) is 0 Å². The van der Waals surface area contributed by atoms with E-state index in [1.54, 1.807) is 38.1 Å². The van der Waals surface area contributed by atoms with Crippen LogP contribution in [0.1, 0.15) is 57.8 Å². The maximum atomic E-state index is 13.5. The van der Waals surface area contributed by atoms with Crippen LogP contribution in [0.5, 0.6) is 5.75 Å². The van der Waals surface area contributed by atoms with Crippen LogP contribution in [-0.4, -0.2) is 71.3 Å². The maximum absolute atomic E-state index is 13.5. The first-order chi connectivity index (χ1) is 16.6. The number of alkyl halides is 3. The highest BCUT2D eigenvalue weighted by molar-refractivity contribution is 5.98. The molecule has 0 aliphatic carbocycles. The predicted molar refractivity (Wildman–Crippen MR) is 127 cm³/mol. The molecule has 1 aromatic rings. The Morgan fingerprint density at radius 3 is 2.11 bits per heavy atom. The third-order valence-corrected chi connectivity index (χ3v) is 6.55. The number of likely N-dealkylation sites (tertiary alicyclic amines) is 1. The van der Waals surface area contributed by atoms with E-state index in [1.165, 1.54) is 25.9 Å². The molecule has 0 saturated carbocycles. The molecule has 3 N–H and O–H groups in total. The summed E-state index contributed by atoms with van der Waals surface area (Å²) >= 11 is 0. The van der Waals surface area contributed by atoms with Crippen LogP contribution in [0.25, 0.3) is 0 Å². The average Bonchev–Trinajstić information content (AvgIpc) is 3.29. The lowest BCUT2D eigenvalue weighted by Gasteiger charge is -2.38. The van der Waals surface area contributed by atoms with E-state index in [2.05, 4.69) is 10.6 Å². The Balaban J connectivity index is 2.20. The largest absolute Gasteiger partial charge is 0.497 e. The highest BCUT2D eigenvalue weighted by Crippen LogP contribution is 2.35. The number of carbonyl (C=O) groups excluding carboxylic acids is 3. The molecule has 1 aromatic carbocycles. The highest BCUT2D eigenvalue weighted by atomic mass is 19.4. The molecule has 0 spiro atoms. The molecule has 1 fully saturated rings. The number of hydrogen-bond donors (Lipinski definition) is 3. The minimum Gasteiger partial charge on any atom is -0.497 e. The fourth-order valence-corrected chi connectivity index (χ4v) is 4.34. The second-order valence-corrected chi connectivity index (χ2v) is 9.99. The zero-order valence-electron chi connectivity index (χ0n) is 21.5. The van der Waals surface area contributed by atoms with Crippen molar-refractivity contribution < 1.29 is 37.4 Å². The number of hydrogen-bond acceptors (Lipinski definition) is 5. The van der Waals surface area contributed by atoms with Crippen molar-refractivity contribution in [1.82, 2.24) is 15.5 Å². The van der Waals surface area contributed by atoms with Gasteiger partial charge in [0.1, 0.15) is 17.8 Å².